The third kappa shape index (κ3) is 5.93. The van der Waals surface area contributed by atoms with Crippen molar-refractivity contribution in [3.05, 3.63) is 11.4 Å². The SMILES string of the molecule is CCNCCCCS(=O)(=O)Nc1nnc(C)c(C)n1. The molecule has 0 bridgehead atoms. The molecule has 0 fully saturated rings. The highest BCUT2D eigenvalue weighted by Gasteiger charge is 2.12. The van der Waals surface area contributed by atoms with Crippen molar-refractivity contribution in [3.8, 4) is 0 Å². The number of sulfonamides is 1. The van der Waals surface area contributed by atoms with E-state index >= 15 is 0 Å². The first-order valence-electron chi connectivity index (χ1n) is 6.33. The van der Waals surface area contributed by atoms with E-state index in [0.717, 1.165) is 19.5 Å². The second kappa shape index (κ2) is 7.34. The Morgan fingerprint density at radius 2 is 1.84 bits per heavy atom. The van der Waals surface area contributed by atoms with Crippen molar-refractivity contribution in [3.63, 3.8) is 0 Å². The van der Waals surface area contributed by atoms with Crippen molar-refractivity contribution in [1.29, 1.82) is 0 Å². The van der Waals surface area contributed by atoms with E-state index in [-0.39, 0.29) is 11.7 Å². The van der Waals surface area contributed by atoms with E-state index in [2.05, 4.69) is 25.2 Å². The summed E-state index contributed by atoms with van der Waals surface area (Å²) in [5.74, 6) is 0.101. The van der Waals surface area contributed by atoms with Gasteiger partial charge in [-0.1, -0.05) is 6.92 Å². The number of aromatic nitrogens is 3. The van der Waals surface area contributed by atoms with Crippen molar-refractivity contribution >= 4 is 16.0 Å². The van der Waals surface area contributed by atoms with Gasteiger partial charge in [-0.25, -0.2) is 18.1 Å². The fraction of sp³-hybridized carbons (Fsp3) is 0.727. The highest BCUT2D eigenvalue weighted by atomic mass is 32.2. The molecule has 0 amide bonds. The molecule has 0 aromatic carbocycles. The Morgan fingerprint density at radius 3 is 2.47 bits per heavy atom. The van der Waals surface area contributed by atoms with E-state index in [1.807, 2.05) is 6.92 Å². The molecule has 0 spiro atoms. The monoisotopic (exact) mass is 287 g/mol. The molecule has 108 valence electrons. The average molecular weight is 287 g/mol. The fourth-order valence-corrected chi connectivity index (χ4v) is 2.46. The van der Waals surface area contributed by atoms with Crippen LogP contribution in [0.15, 0.2) is 0 Å². The van der Waals surface area contributed by atoms with E-state index in [9.17, 15) is 8.42 Å². The fourth-order valence-electron chi connectivity index (χ4n) is 1.41. The van der Waals surface area contributed by atoms with Crippen LogP contribution in [0, 0.1) is 13.8 Å². The molecule has 0 saturated heterocycles. The Labute approximate surface area is 114 Å². The minimum atomic E-state index is -3.39. The summed E-state index contributed by atoms with van der Waals surface area (Å²) < 4.78 is 25.9. The van der Waals surface area contributed by atoms with E-state index in [1.165, 1.54) is 0 Å². The zero-order chi connectivity index (χ0) is 14.3. The van der Waals surface area contributed by atoms with Crippen LogP contribution in [0.25, 0.3) is 0 Å². The Hall–Kier alpha value is -1.28. The van der Waals surface area contributed by atoms with Crippen LogP contribution in [0.4, 0.5) is 5.95 Å². The number of rotatable bonds is 8. The number of nitrogens with one attached hydrogen (secondary N) is 2. The summed E-state index contributed by atoms with van der Waals surface area (Å²) in [7, 11) is -3.39. The van der Waals surface area contributed by atoms with Gasteiger partial charge in [0, 0.05) is 0 Å². The molecule has 0 unspecified atom stereocenters. The van der Waals surface area contributed by atoms with Crippen molar-refractivity contribution in [2.75, 3.05) is 23.6 Å². The van der Waals surface area contributed by atoms with Gasteiger partial charge in [-0.15, -0.1) is 5.10 Å². The summed E-state index contributed by atoms with van der Waals surface area (Å²) in [5, 5.41) is 10.7. The van der Waals surface area contributed by atoms with Crippen molar-refractivity contribution in [2.24, 2.45) is 0 Å². The molecule has 0 saturated carbocycles. The number of anilines is 1. The summed E-state index contributed by atoms with van der Waals surface area (Å²) in [4.78, 5) is 4.04. The maximum Gasteiger partial charge on any atom is 0.256 e. The lowest BCUT2D eigenvalue weighted by Crippen LogP contribution is -2.21. The Balaban J connectivity index is 2.47. The van der Waals surface area contributed by atoms with E-state index in [4.69, 9.17) is 0 Å². The van der Waals surface area contributed by atoms with Crippen LogP contribution in [-0.2, 0) is 10.0 Å². The molecule has 8 heteroatoms. The number of aryl methyl sites for hydroxylation is 2. The van der Waals surface area contributed by atoms with E-state index in [0.29, 0.717) is 17.8 Å². The Kier molecular flexibility index (Phi) is 6.10. The number of unbranched alkanes of at least 4 members (excludes halogenated alkanes) is 1. The predicted molar refractivity (Wildman–Crippen MR) is 74.5 cm³/mol. The van der Waals surface area contributed by atoms with Crippen LogP contribution < -0.4 is 10.0 Å². The first-order valence-corrected chi connectivity index (χ1v) is 7.99. The largest absolute Gasteiger partial charge is 0.317 e. The Morgan fingerprint density at radius 1 is 1.11 bits per heavy atom. The van der Waals surface area contributed by atoms with Crippen molar-refractivity contribution in [2.45, 2.75) is 33.6 Å². The van der Waals surface area contributed by atoms with Gasteiger partial charge in [0.15, 0.2) is 0 Å². The van der Waals surface area contributed by atoms with Gasteiger partial charge in [0.25, 0.3) is 5.95 Å². The smallest absolute Gasteiger partial charge is 0.256 e. The molecule has 2 N–H and O–H groups in total. The molecule has 1 aromatic rings. The molecule has 0 aliphatic heterocycles. The van der Waals surface area contributed by atoms with Crippen LogP contribution in [0.5, 0.6) is 0 Å². The number of hydrogen-bond donors (Lipinski definition) is 2. The van der Waals surface area contributed by atoms with Gasteiger partial charge in [-0.2, -0.15) is 5.10 Å². The summed E-state index contributed by atoms with van der Waals surface area (Å²) >= 11 is 0. The highest BCUT2D eigenvalue weighted by Crippen LogP contribution is 2.05. The van der Waals surface area contributed by atoms with Crippen LogP contribution >= 0.6 is 0 Å². The first-order chi connectivity index (χ1) is 8.94. The summed E-state index contributed by atoms with van der Waals surface area (Å²) in [5.41, 5.74) is 1.36. The molecular weight excluding hydrogens is 266 g/mol. The maximum absolute atomic E-state index is 11.8. The van der Waals surface area contributed by atoms with E-state index < -0.39 is 10.0 Å². The lowest BCUT2D eigenvalue weighted by atomic mass is 10.3. The van der Waals surface area contributed by atoms with Gasteiger partial charge < -0.3 is 5.32 Å². The van der Waals surface area contributed by atoms with Gasteiger partial charge in [0.2, 0.25) is 10.0 Å². The number of hydrogen-bond acceptors (Lipinski definition) is 6. The van der Waals surface area contributed by atoms with Gasteiger partial charge in [0.1, 0.15) is 0 Å². The lowest BCUT2D eigenvalue weighted by molar-refractivity contribution is 0.592. The van der Waals surface area contributed by atoms with Crippen LogP contribution in [0.1, 0.15) is 31.2 Å². The van der Waals surface area contributed by atoms with Gasteiger partial charge in [0.05, 0.1) is 17.1 Å². The standard InChI is InChI=1S/C11H21N5O2S/c1-4-12-7-5-6-8-19(17,18)16-11-13-9(2)10(3)14-15-11/h12H,4-8H2,1-3H3,(H,13,15,16). The molecule has 1 heterocycles. The maximum atomic E-state index is 11.8. The van der Waals surface area contributed by atoms with Crippen LogP contribution in [0.3, 0.4) is 0 Å². The van der Waals surface area contributed by atoms with Gasteiger partial charge in [-0.3, -0.25) is 0 Å². The lowest BCUT2D eigenvalue weighted by Gasteiger charge is -2.07. The minimum absolute atomic E-state index is 0.0368. The average Bonchev–Trinajstić information content (AvgIpc) is 2.33. The van der Waals surface area contributed by atoms with Gasteiger partial charge in [-0.05, 0) is 39.8 Å². The molecular formula is C11H21N5O2S. The third-order valence-corrected chi connectivity index (χ3v) is 3.93. The van der Waals surface area contributed by atoms with Crippen LogP contribution in [-0.4, -0.2) is 42.4 Å². The zero-order valence-electron chi connectivity index (χ0n) is 11.6. The minimum Gasteiger partial charge on any atom is -0.317 e. The molecule has 1 aromatic heterocycles. The molecule has 0 radical (unpaired) electrons. The zero-order valence-corrected chi connectivity index (χ0v) is 12.4. The molecule has 0 atom stereocenters. The van der Waals surface area contributed by atoms with E-state index in [1.54, 1.807) is 13.8 Å². The van der Waals surface area contributed by atoms with Crippen molar-refractivity contribution < 1.29 is 8.42 Å². The van der Waals surface area contributed by atoms with Crippen molar-refractivity contribution in [1.82, 2.24) is 20.5 Å². The molecule has 1 rings (SSSR count). The number of nitrogens with zero attached hydrogens (tertiary/aromatic N) is 3. The Bertz CT molecular complexity index is 504. The van der Waals surface area contributed by atoms with Crippen LogP contribution in [0.2, 0.25) is 0 Å². The molecule has 0 aliphatic carbocycles. The quantitative estimate of drug-likeness (QED) is 0.680. The topological polar surface area (TPSA) is 96.9 Å². The predicted octanol–water partition coefficient (Wildman–Crippen LogP) is 0.620. The first kappa shape index (κ1) is 15.8. The third-order valence-electron chi connectivity index (χ3n) is 2.61. The second-order valence-electron chi connectivity index (χ2n) is 4.29. The summed E-state index contributed by atoms with van der Waals surface area (Å²) in [6.45, 7) is 7.27. The molecule has 0 aliphatic rings. The molecule has 19 heavy (non-hydrogen) atoms. The summed E-state index contributed by atoms with van der Waals surface area (Å²) in [6.07, 6.45) is 1.42. The molecule has 7 nitrogen and oxygen atoms in total. The summed E-state index contributed by atoms with van der Waals surface area (Å²) in [6, 6.07) is 0. The normalized spacial score (nSPS) is 11.5. The second-order valence-corrected chi connectivity index (χ2v) is 6.13. The highest BCUT2D eigenvalue weighted by molar-refractivity contribution is 7.92. The van der Waals surface area contributed by atoms with Gasteiger partial charge >= 0.3 is 0 Å².